The smallest absolute Gasteiger partial charge is 0.237 e. The number of amides is 1. The number of thioether (sulfide) groups is 1. The largest absolute Gasteiger partial charge is 0.497 e. The molecule has 2 aromatic heterocycles. The van der Waals surface area contributed by atoms with Crippen LogP contribution in [0.4, 0.5) is 5.69 Å². The van der Waals surface area contributed by atoms with Crippen LogP contribution in [0.15, 0.2) is 78.2 Å². The van der Waals surface area contributed by atoms with E-state index in [0.29, 0.717) is 11.0 Å². The Morgan fingerprint density at radius 3 is 2.34 bits per heavy atom. The number of nitrogens with zero attached hydrogens (tertiary/aromatic N) is 4. The van der Waals surface area contributed by atoms with Gasteiger partial charge in [0.1, 0.15) is 5.75 Å². The fraction of sp³-hybridized carbons (Fsp3) is 0.167. The predicted molar refractivity (Wildman–Crippen MR) is 126 cm³/mol. The van der Waals surface area contributed by atoms with E-state index in [4.69, 9.17) is 4.74 Å². The third-order valence-corrected chi connectivity index (χ3v) is 5.92. The Hall–Kier alpha value is -3.65. The third kappa shape index (κ3) is 4.81. The number of benzene rings is 2. The average Bonchev–Trinajstić information content (AvgIpc) is 3.24. The Bertz CT molecular complexity index is 1190. The van der Waals surface area contributed by atoms with Crippen molar-refractivity contribution in [3.63, 3.8) is 0 Å². The number of methoxy groups -OCH3 is 1. The van der Waals surface area contributed by atoms with Crippen molar-refractivity contribution in [1.82, 2.24) is 19.7 Å². The molecule has 4 aromatic rings. The first-order valence-corrected chi connectivity index (χ1v) is 11.0. The van der Waals surface area contributed by atoms with Crippen LogP contribution in [0, 0.1) is 6.92 Å². The van der Waals surface area contributed by atoms with Crippen LogP contribution in [0.25, 0.3) is 17.1 Å². The van der Waals surface area contributed by atoms with Crippen LogP contribution in [-0.4, -0.2) is 38.0 Å². The van der Waals surface area contributed by atoms with Gasteiger partial charge in [-0.05, 0) is 62.4 Å². The van der Waals surface area contributed by atoms with Crippen molar-refractivity contribution >= 4 is 23.4 Å². The highest BCUT2D eigenvalue weighted by molar-refractivity contribution is 8.00. The standard InChI is InChI=1S/C24H23N5O2S/c1-16-4-6-19(7-5-16)26-23(30)17(2)32-24-28-27-22(18-12-14-25-15-13-18)29(24)20-8-10-21(31-3)11-9-20/h4-15,17H,1-3H3,(H,26,30). The number of pyridine rings is 1. The highest BCUT2D eigenvalue weighted by Crippen LogP contribution is 2.31. The highest BCUT2D eigenvalue weighted by Gasteiger charge is 2.22. The monoisotopic (exact) mass is 445 g/mol. The summed E-state index contributed by atoms with van der Waals surface area (Å²) in [5.41, 5.74) is 3.66. The van der Waals surface area contributed by atoms with Gasteiger partial charge in [0.15, 0.2) is 11.0 Å². The van der Waals surface area contributed by atoms with Gasteiger partial charge >= 0.3 is 0 Å². The van der Waals surface area contributed by atoms with Gasteiger partial charge in [0.2, 0.25) is 5.91 Å². The van der Waals surface area contributed by atoms with E-state index < -0.39 is 0 Å². The summed E-state index contributed by atoms with van der Waals surface area (Å²) in [4.78, 5) is 16.9. The lowest BCUT2D eigenvalue weighted by Crippen LogP contribution is -2.22. The number of aromatic nitrogens is 4. The van der Waals surface area contributed by atoms with Crippen molar-refractivity contribution in [2.75, 3.05) is 12.4 Å². The molecule has 0 aliphatic carbocycles. The van der Waals surface area contributed by atoms with Gasteiger partial charge in [-0.15, -0.1) is 10.2 Å². The fourth-order valence-electron chi connectivity index (χ4n) is 3.09. The van der Waals surface area contributed by atoms with E-state index in [1.165, 1.54) is 11.8 Å². The third-order valence-electron chi connectivity index (χ3n) is 4.87. The molecule has 1 unspecified atom stereocenters. The fourth-order valence-corrected chi connectivity index (χ4v) is 3.96. The summed E-state index contributed by atoms with van der Waals surface area (Å²) in [6, 6.07) is 19.1. The van der Waals surface area contributed by atoms with Crippen molar-refractivity contribution in [3.05, 3.63) is 78.6 Å². The highest BCUT2D eigenvalue weighted by atomic mass is 32.2. The second kappa shape index (κ2) is 9.65. The maximum Gasteiger partial charge on any atom is 0.237 e. The van der Waals surface area contributed by atoms with Gasteiger partial charge in [-0.3, -0.25) is 14.3 Å². The number of aryl methyl sites for hydroxylation is 1. The Labute approximate surface area is 190 Å². The molecule has 0 spiro atoms. The van der Waals surface area contributed by atoms with E-state index in [1.807, 2.05) is 79.1 Å². The second-order valence-corrected chi connectivity index (χ2v) is 8.50. The molecule has 0 saturated heterocycles. The van der Waals surface area contributed by atoms with Crippen molar-refractivity contribution < 1.29 is 9.53 Å². The van der Waals surface area contributed by atoms with Crippen molar-refractivity contribution in [1.29, 1.82) is 0 Å². The molecule has 162 valence electrons. The van der Waals surface area contributed by atoms with E-state index in [1.54, 1.807) is 19.5 Å². The van der Waals surface area contributed by atoms with Gasteiger partial charge in [0, 0.05) is 29.3 Å². The molecule has 0 radical (unpaired) electrons. The first-order chi connectivity index (χ1) is 15.5. The van der Waals surface area contributed by atoms with Crippen molar-refractivity contribution in [2.45, 2.75) is 24.3 Å². The Morgan fingerprint density at radius 2 is 1.69 bits per heavy atom. The molecule has 7 nitrogen and oxygen atoms in total. The van der Waals surface area contributed by atoms with Gasteiger partial charge in [-0.1, -0.05) is 29.5 Å². The van der Waals surface area contributed by atoms with Crippen molar-refractivity contribution in [2.24, 2.45) is 0 Å². The van der Waals surface area contributed by atoms with Crippen LogP contribution < -0.4 is 10.1 Å². The van der Waals surface area contributed by atoms with Crippen LogP contribution in [0.5, 0.6) is 5.75 Å². The second-order valence-electron chi connectivity index (χ2n) is 7.19. The minimum absolute atomic E-state index is 0.103. The summed E-state index contributed by atoms with van der Waals surface area (Å²) in [5, 5.41) is 12.0. The molecule has 0 aliphatic rings. The number of hydrogen-bond donors (Lipinski definition) is 1. The topological polar surface area (TPSA) is 81.9 Å². The number of ether oxygens (including phenoxy) is 1. The zero-order valence-electron chi connectivity index (χ0n) is 18.0. The van der Waals surface area contributed by atoms with Gasteiger partial charge in [-0.25, -0.2) is 0 Å². The molecule has 32 heavy (non-hydrogen) atoms. The van der Waals surface area contributed by atoms with Crippen LogP contribution in [0.3, 0.4) is 0 Å². The first kappa shape index (κ1) is 21.6. The molecule has 1 N–H and O–H groups in total. The van der Waals surface area contributed by atoms with E-state index in [-0.39, 0.29) is 11.2 Å². The summed E-state index contributed by atoms with van der Waals surface area (Å²) < 4.78 is 7.22. The summed E-state index contributed by atoms with van der Waals surface area (Å²) in [7, 11) is 1.63. The minimum atomic E-state index is -0.386. The minimum Gasteiger partial charge on any atom is -0.497 e. The molecular formula is C24H23N5O2S. The molecule has 4 rings (SSSR count). The lowest BCUT2D eigenvalue weighted by Gasteiger charge is -2.14. The number of rotatable bonds is 7. The number of carbonyl (C=O) groups excluding carboxylic acids is 1. The van der Waals surface area contributed by atoms with Gasteiger partial charge < -0.3 is 10.1 Å². The quantitative estimate of drug-likeness (QED) is 0.413. The summed E-state index contributed by atoms with van der Waals surface area (Å²) in [6.07, 6.45) is 3.43. The van der Waals surface area contributed by atoms with E-state index >= 15 is 0 Å². The number of anilines is 1. The van der Waals surface area contributed by atoms with Gasteiger partial charge in [-0.2, -0.15) is 0 Å². The molecule has 0 fully saturated rings. The SMILES string of the molecule is COc1ccc(-n2c(SC(C)C(=O)Nc3ccc(C)cc3)nnc2-c2ccncc2)cc1. The number of hydrogen-bond acceptors (Lipinski definition) is 6. The van der Waals surface area contributed by atoms with Crippen LogP contribution in [0.2, 0.25) is 0 Å². The van der Waals surface area contributed by atoms with Crippen LogP contribution in [0.1, 0.15) is 12.5 Å². The maximum atomic E-state index is 12.8. The zero-order valence-corrected chi connectivity index (χ0v) is 18.8. The van der Waals surface area contributed by atoms with Gasteiger partial charge in [0.05, 0.1) is 12.4 Å². The van der Waals surface area contributed by atoms with Crippen molar-refractivity contribution in [3.8, 4) is 22.8 Å². The van der Waals surface area contributed by atoms with Gasteiger partial charge in [0.25, 0.3) is 0 Å². The zero-order chi connectivity index (χ0) is 22.5. The number of nitrogens with one attached hydrogen (secondary N) is 1. The molecular weight excluding hydrogens is 422 g/mol. The molecule has 1 atom stereocenters. The molecule has 8 heteroatoms. The Balaban J connectivity index is 1.63. The average molecular weight is 446 g/mol. The molecule has 2 aromatic carbocycles. The van der Waals surface area contributed by atoms with Crippen LogP contribution in [-0.2, 0) is 4.79 Å². The normalized spacial score (nSPS) is 11.7. The molecule has 1 amide bonds. The van der Waals surface area contributed by atoms with E-state index in [9.17, 15) is 4.79 Å². The molecule has 0 saturated carbocycles. The predicted octanol–water partition coefficient (Wildman–Crippen LogP) is 4.77. The molecule has 2 heterocycles. The Morgan fingerprint density at radius 1 is 1.00 bits per heavy atom. The Kier molecular flexibility index (Phi) is 6.51. The summed E-state index contributed by atoms with van der Waals surface area (Å²) in [6.45, 7) is 3.86. The lowest BCUT2D eigenvalue weighted by molar-refractivity contribution is -0.115. The van der Waals surface area contributed by atoms with E-state index in [0.717, 1.165) is 28.3 Å². The van der Waals surface area contributed by atoms with E-state index in [2.05, 4.69) is 20.5 Å². The summed E-state index contributed by atoms with van der Waals surface area (Å²) >= 11 is 1.35. The number of carbonyl (C=O) groups is 1. The first-order valence-electron chi connectivity index (χ1n) is 10.1. The lowest BCUT2D eigenvalue weighted by atomic mass is 10.2. The van der Waals surface area contributed by atoms with Crippen LogP contribution >= 0.6 is 11.8 Å². The maximum absolute atomic E-state index is 12.8. The molecule has 0 bridgehead atoms. The summed E-state index contributed by atoms with van der Waals surface area (Å²) in [5.74, 6) is 1.33. The molecule has 0 aliphatic heterocycles.